The largest absolute Gasteiger partial charge is 0.317 e. The topological polar surface area (TPSA) is 8.82 Å². The highest BCUT2D eigenvalue weighted by Gasteiger charge is 2.26. The lowest BCUT2D eigenvalue weighted by molar-refractivity contribution is 0.585. The number of fused-ring (bicyclic) bond motifs is 2. The fourth-order valence-electron chi connectivity index (χ4n) is 5.18. The van der Waals surface area contributed by atoms with Gasteiger partial charge < -0.3 is 8.80 Å². The lowest BCUT2D eigenvalue weighted by atomic mass is 9.83. The van der Waals surface area contributed by atoms with Crippen molar-refractivity contribution in [1.29, 1.82) is 0 Å². The lowest BCUT2D eigenvalue weighted by Crippen LogP contribution is -2.14. The SMILES string of the molecule is Cc1c(C(C)(C)C)c(/C=C/c2c(C(C)(C)C)c(C)c3ccccn23)n2ccccc12. The van der Waals surface area contributed by atoms with Crippen LogP contribution in [0.25, 0.3) is 23.2 Å². The maximum Gasteiger partial charge on any atom is 0.0497 e. The third kappa shape index (κ3) is 3.19. The molecule has 0 amide bonds. The summed E-state index contributed by atoms with van der Waals surface area (Å²) in [5.74, 6) is 0. The minimum absolute atomic E-state index is 0.0692. The first kappa shape index (κ1) is 20.5. The molecule has 0 radical (unpaired) electrons. The molecule has 0 aliphatic rings. The minimum Gasteiger partial charge on any atom is -0.317 e. The predicted molar refractivity (Wildman–Crippen MR) is 131 cm³/mol. The molecule has 2 heteroatoms. The molecule has 0 aromatic carbocycles. The van der Waals surface area contributed by atoms with Crippen LogP contribution in [-0.4, -0.2) is 8.80 Å². The van der Waals surface area contributed by atoms with Crippen molar-refractivity contribution in [3.05, 3.63) is 82.4 Å². The van der Waals surface area contributed by atoms with Crippen LogP contribution in [0.3, 0.4) is 0 Å². The molecule has 0 spiro atoms. The smallest absolute Gasteiger partial charge is 0.0497 e. The van der Waals surface area contributed by atoms with Crippen LogP contribution in [0.1, 0.15) is 75.2 Å². The monoisotopic (exact) mass is 398 g/mol. The molecule has 0 fully saturated rings. The molecule has 0 bridgehead atoms. The van der Waals surface area contributed by atoms with E-state index in [2.05, 4.69) is 125 Å². The van der Waals surface area contributed by atoms with Gasteiger partial charge in [0.25, 0.3) is 0 Å². The highest BCUT2D eigenvalue weighted by Crippen LogP contribution is 2.37. The second-order valence-corrected chi connectivity index (χ2v) is 10.5. The zero-order valence-corrected chi connectivity index (χ0v) is 19.7. The summed E-state index contributed by atoms with van der Waals surface area (Å²) < 4.78 is 4.68. The van der Waals surface area contributed by atoms with Crippen LogP contribution < -0.4 is 0 Å². The summed E-state index contributed by atoms with van der Waals surface area (Å²) in [4.78, 5) is 0. The molecular weight excluding hydrogens is 364 g/mol. The highest BCUT2D eigenvalue weighted by molar-refractivity contribution is 5.79. The van der Waals surface area contributed by atoms with E-state index in [1.165, 1.54) is 44.7 Å². The molecule has 0 atom stereocenters. The van der Waals surface area contributed by atoms with Gasteiger partial charge in [-0.3, -0.25) is 0 Å². The Morgan fingerprint density at radius 1 is 0.600 bits per heavy atom. The number of pyridine rings is 2. The third-order valence-corrected chi connectivity index (χ3v) is 6.17. The molecule has 156 valence electrons. The Kier molecular flexibility index (Phi) is 4.73. The van der Waals surface area contributed by atoms with E-state index in [9.17, 15) is 0 Å². The van der Waals surface area contributed by atoms with Gasteiger partial charge in [0.15, 0.2) is 0 Å². The Hall–Kier alpha value is -2.74. The van der Waals surface area contributed by atoms with Crippen LogP contribution in [0.4, 0.5) is 0 Å². The van der Waals surface area contributed by atoms with E-state index in [1.807, 2.05) is 0 Å². The second-order valence-electron chi connectivity index (χ2n) is 10.5. The number of hydrogen-bond acceptors (Lipinski definition) is 0. The summed E-state index contributed by atoms with van der Waals surface area (Å²) >= 11 is 0. The van der Waals surface area contributed by atoms with Crippen molar-refractivity contribution in [2.45, 2.75) is 66.2 Å². The lowest BCUT2D eigenvalue weighted by Gasteiger charge is -2.21. The molecule has 2 nitrogen and oxygen atoms in total. The quantitative estimate of drug-likeness (QED) is 0.329. The molecule has 4 aromatic rings. The number of aryl methyl sites for hydroxylation is 2. The van der Waals surface area contributed by atoms with Gasteiger partial charge in [-0.1, -0.05) is 53.7 Å². The summed E-state index contributed by atoms with van der Waals surface area (Å²) in [6, 6.07) is 12.9. The molecule has 4 rings (SSSR count). The maximum atomic E-state index is 2.34. The summed E-state index contributed by atoms with van der Waals surface area (Å²) in [7, 11) is 0. The number of nitrogens with zero attached hydrogens (tertiary/aromatic N) is 2. The minimum atomic E-state index is 0.0692. The molecular formula is C28H34N2. The first-order valence-electron chi connectivity index (χ1n) is 10.9. The average molecular weight is 399 g/mol. The van der Waals surface area contributed by atoms with Gasteiger partial charge in [0.05, 0.1) is 0 Å². The molecule has 0 aliphatic carbocycles. The Morgan fingerprint density at radius 3 is 1.30 bits per heavy atom. The summed E-state index contributed by atoms with van der Waals surface area (Å²) in [6.07, 6.45) is 9.01. The third-order valence-electron chi connectivity index (χ3n) is 6.17. The van der Waals surface area contributed by atoms with Gasteiger partial charge in [0.1, 0.15) is 0 Å². The van der Waals surface area contributed by atoms with Gasteiger partial charge in [0.2, 0.25) is 0 Å². The summed E-state index contributed by atoms with van der Waals surface area (Å²) in [5.41, 5.74) is 10.8. The van der Waals surface area contributed by atoms with Gasteiger partial charge in [0, 0.05) is 34.8 Å². The first-order chi connectivity index (χ1) is 14.0. The number of rotatable bonds is 2. The molecule has 0 N–H and O–H groups in total. The van der Waals surface area contributed by atoms with Crippen molar-refractivity contribution in [1.82, 2.24) is 8.80 Å². The van der Waals surface area contributed by atoms with Crippen LogP contribution in [0.2, 0.25) is 0 Å². The average Bonchev–Trinajstić information content (AvgIpc) is 3.12. The van der Waals surface area contributed by atoms with Crippen molar-refractivity contribution in [2.75, 3.05) is 0 Å². The second kappa shape index (κ2) is 6.91. The molecule has 0 saturated heterocycles. The van der Waals surface area contributed by atoms with E-state index < -0.39 is 0 Å². The van der Waals surface area contributed by atoms with E-state index in [-0.39, 0.29) is 10.8 Å². The van der Waals surface area contributed by atoms with Gasteiger partial charge in [-0.05, 0) is 83.3 Å². The summed E-state index contributed by atoms with van der Waals surface area (Å²) in [6.45, 7) is 18.4. The van der Waals surface area contributed by atoms with Crippen molar-refractivity contribution in [3.8, 4) is 0 Å². The van der Waals surface area contributed by atoms with Gasteiger partial charge in [-0.2, -0.15) is 0 Å². The van der Waals surface area contributed by atoms with E-state index in [0.717, 1.165) is 0 Å². The Morgan fingerprint density at radius 2 is 0.967 bits per heavy atom. The molecule has 4 heterocycles. The van der Waals surface area contributed by atoms with E-state index >= 15 is 0 Å². The van der Waals surface area contributed by atoms with E-state index in [4.69, 9.17) is 0 Å². The zero-order valence-electron chi connectivity index (χ0n) is 19.7. The van der Waals surface area contributed by atoms with E-state index in [1.54, 1.807) is 0 Å². The van der Waals surface area contributed by atoms with Crippen molar-refractivity contribution < 1.29 is 0 Å². The van der Waals surface area contributed by atoms with Gasteiger partial charge in [-0.15, -0.1) is 0 Å². The van der Waals surface area contributed by atoms with E-state index in [0.29, 0.717) is 0 Å². The van der Waals surface area contributed by atoms with Crippen LogP contribution in [0.15, 0.2) is 48.8 Å². The normalized spacial score (nSPS) is 13.2. The number of aromatic nitrogens is 2. The number of hydrogen-bond donors (Lipinski definition) is 0. The molecule has 0 aliphatic heterocycles. The van der Waals surface area contributed by atoms with Crippen LogP contribution in [0.5, 0.6) is 0 Å². The fraction of sp³-hybridized carbons (Fsp3) is 0.357. The van der Waals surface area contributed by atoms with Crippen molar-refractivity contribution in [2.24, 2.45) is 0 Å². The van der Waals surface area contributed by atoms with Gasteiger partial charge in [-0.25, -0.2) is 0 Å². The van der Waals surface area contributed by atoms with Crippen LogP contribution in [-0.2, 0) is 10.8 Å². The highest BCUT2D eigenvalue weighted by atomic mass is 14.9. The maximum absolute atomic E-state index is 2.34. The Balaban J connectivity index is 2.01. The molecule has 0 unspecified atom stereocenters. The van der Waals surface area contributed by atoms with Crippen molar-refractivity contribution >= 4 is 23.2 Å². The molecule has 4 aromatic heterocycles. The predicted octanol–water partition coefficient (Wildman–Crippen LogP) is 7.57. The van der Waals surface area contributed by atoms with Gasteiger partial charge >= 0.3 is 0 Å². The van der Waals surface area contributed by atoms with Crippen LogP contribution in [0, 0.1) is 13.8 Å². The van der Waals surface area contributed by atoms with Crippen LogP contribution >= 0.6 is 0 Å². The Bertz CT molecular complexity index is 1160. The fourth-order valence-corrected chi connectivity index (χ4v) is 5.18. The Labute approximate surface area is 180 Å². The zero-order chi connectivity index (χ0) is 21.8. The van der Waals surface area contributed by atoms with Crippen molar-refractivity contribution in [3.63, 3.8) is 0 Å². The summed E-state index contributed by atoms with van der Waals surface area (Å²) in [5, 5.41) is 0. The molecule has 0 saturated carbocycles. The first-order valence-corrected chi connectivity index (χ1v) is 10.9. The molecule has 30 heavy (non-hydrogen) atoms. The standard InChI is InChI=1S/C28H34N2/c1-19-21-13-9-11-17-29(21)23(25(19)27(3,4)5)15-16-24-26(28(6,7)8)20(2)22-14-10-12-18-30(22)24/h9-18H,1-8H3/b16-15+.